The Bertz CT molecular complexity index is 644. The molecule has 1 fully saturated rings. The van der Waals surface area contributed by atoms with Crippen LogP contribution in [0.2, 0.25) is 0 Å². The van der Waals surface area contributed by atoms with E-state index in [2.05, 4.69) is 25.6 Å². The number of pyridine rings is 1. The van der Waals surface area contributed by atoms with E-state index in [-0.39, 0.29) is 0 Å². The largest absolute Gasteiger partial charge is 0.370 e. The van der Waals surface area contributed by atoms with E-state index in [4.69, 9.17) is 5.73 Å². The molecule has 3 rings (SSSR count). The van der Waals surface area contributed by atoms with Crippen LogP contribution in [0.25, 0.3) is 0 Å². The summed E-state index contributed by atoms with van der Waals surface area (Å²) in [6.07, 6.45) is 7.75. The van der Waals surface area contributed by atoms with E-state index in [0.717, 1.165) is 30.5 Å². The lowest BCUT2D eigenvalue weighted by Gasteiger charge is -2.12. The molecule has 0 atom stereocenters. The molecule has 1 aliphatic rings. The Morgan fingerprint density at radius 2 is 2.14 bits per heavy atom. The first-order chi connectivity index (χ1) is 10.8. The van der Waals surface area contributed by atoms with Crippen molar-refractivity contribution in [1.29, 1.82) is 0 Å². The number of hydrogen-bond donors (Lipinski definition) is 3. The number of nitrogens with two attached hydrogens (primary N) is 1. The van der Waals surface area contributed by atoms with Crippen LogP contribution < -0.4 is 16.4 Å². The van der Waals surface area contributed by atoms with Crippen molar-refractivity contribution in [2.24, 2.45) is 5.73 Å². The number of anilines is 3. The molecule has 1 saturated carbocycles. The Morgan fingerprint density at radius 1 is 1.27 bits per heavy atom. The van der Waals surface area contributed by atoms with Crippen LogP contribution in [0.1, 0.15) is 30.7 Å². The van der Waals surface area contributed by atoms with Crippen molar-refractivity contribution in [2.45, 2.75) is 25.2 Å². The summed E-state index contributed by atoms with van der Waals surface area (Å²) in [5.74, 6) is 1.40. The van der Waals surface area contributed by atoms with Crippen LogP contribution >= 0.6 is 0 Å². The number of nitrogens with zero attached hydrogens (tertiary/aromatic N) is 3. The van der Waals surface area contributed by atoms with Gasteiger partial charge in [-0.1, -0.05) is 0 Å². The molecule has 0 bridgehead atoms. The maximum Gasteiger partial charge on any atom is 0.229 e. The molecule has 1 aliphatic carbocycles. The fourth-order valence-corrected chi connectivity index (χ4v) is 2.20. The number of hydrogen-bond acceptors (Lipinski definition) is 6. The zero-order valence-corrected chi connectivity index (χ0v) is 12.2. The maximum atomic E-state index is 13.2. The first-order valence-electron chi connectivity index (χ1n) is 7.44. The van der Waals surface area contributed by atoms with Crippen molar-refractivity contribution in [2.75, 3.05) is 23.7 Å². The van der Waals surface area contributed by atoms with Gasteiger partial charge in [-0.05, 0) is 31.7 Å². The molecule has 0 aromatic carbocycles. The highest BCUT2D eigenvalue weighted by atomic mass is 19.1. The summed E-state index contributed by atoms with van der Waals surface area (Å²) in [6, 6.07) is 1.35. The Hall–Kier alpha value is -2.28. The van der Waals surface area contributed by atoms with Gasteiger partial charge < -0.3 is 16.4 Å². The first-order valence-corrected chi connectivity index (χ1v) is 7.44. The van der Waals surface area contributed by atoms with E-state index in [9.17, 15) is 4.39 Å². The quantitative estimate of drug-likeness (QED) is 0.681. The summed E-state index contributed by atoms with van der Waals surface area (Å²) in [5, 5.41) is 6.28. The summed E-state index contributed by atoms with van der Waals surface area (Å²) in [6.45, 7) is 1.41. The van der Waals surface area contributed by atoms with Crippen LogP contribution in [0.15, 0.2) is 24.7 Å². The molecule has 0 amide bonds. The Kier molecular flexibility index (Phi) is 4.43. The van der Waals surface area contributed by atoms with Crippen molar-refractivity contribution >= 4 is 17.5 Å². The highest BCUT2D eigenvalue weighted by Crippen LogP contribution is 2.42. The van der Waals surface area contributed by atoms with Gasteiger partial charge in [0.25, 0.3) is 0 Å². The lowest BCUT2D eigenvalue weighted by molar-refractivity contribution is 0.622. The monoisotopic (exact) mass is 302 g/mol. The first kappa shape index (κ1) is 14.6. The second kappa shape index (κ2) is 6.65. The number of aromatic nitrogens is 3. The van der Waals surface area contributed by atoms with Crippen LogP contribution in [0, 0.1) is 5.82 Å². The summed E-state index contributed by atoms with van der Waals surface area (Å²) in [4.78, 5) is 12.6. The molecular weight excluding hydrogens is 283 g/mol. The molecule has 0 saturated heterocycles. The van der Waals surface area contributed by atoms with Gasteiger partial charge >= 0.3 is 0 Å². The minimum Gasteiger partial charge on any atom is -0.370 e. The molecule has 2 aromatic heterocycles. The fraction of sp³-hybridized carbons (Fsp3) is 0.400. The van der Waals surface area contributed by atoms with Gasteiger partial charge in [-0.2, -0.15) is 4.98 Å². The predicted molar refractivity (Wildman–Crippen MR) is 83.6 cm³/mol. The number of rotatable bonds is 7. The van der Waals surface area contributed by atoms with Gasteiger partial charge in [-0.15, -0.1) is 0 Å². The third-order valence-corrected chi connectivity index (χ3v) is 3.47. The highest BCUT2D eigenvalue weighted by Gasteiger charge is 2.27. The third kappa shape index (κ3) is 3.67. The van der Waals surface area contributed by atoms with E-state index < -0.39 is 5.82 Å². The third-order valence-electron chi connectivity index (χ3n) is 3.47. The molecule has 0 radical (unpaired) electrons. The van der Waals surface area contributed by atoms with Gasteiger partial charge in [0, 0.05) is 24.4 Å². The van der Waals surface area contributed by atoms with Crippen LogP contribution in [-0.2, 0) is 0 Å². The molecule has 2 aromatic rings. The van der Waals surface area contributed by atoms with Crippen molar-refractivity contribution in [1.82, 2.24) is 15.0 Å². The fourth-order valence-electron chi connectivity index (χ4n) is 2.20. The molecule has 2 heterocycles. The van der Waals surface area contributed by atoms with Crippen LogP contribution in [0.5, 0.6) is 0 Å². The predicted octanol–water partition coefficient (Wildman–Crippen LogP) is 2.39. The molecule has 22 heavy (non-hydrogen) atoms. The molecule has 4 N–H and O–H groups in total. The summed E-state index contributed by atoms with van der Waals surface area (Å²) in [5.41, 5.74) is 7.18. The molecule has 0 unspecified atom stereocenters. The van der Waals surface area contributed by atoms with Gasteiger partial charge in [0.05, 0.1) is 18.1 Å². The molecule has 7 heteroatoms. The maximum absolute atomic E-state index is 13.2. The highest BCUT2D eigenvalue weighted by molar-refractivity contribution is 5.56. The van der Waals surface area contributed by atoms with Gasteiger partial charge in [0.1, 0.15) is 11.6 Å². The zero-order chi connectivity index (χ0) is 15.4. The van der Waals surface area contributed by atoms with Gasteiger partial charge in [-0.25, -0.2) is 9.37 Å². The molecular formula is C15H19FN6. The van der Waals surface area contributed by atoms with E-state index in [0.29, 0.717) is 24.1 Å². The van der Waals surface area contributed by atoms with E-state index >= 15 is 0 Å². The summed E-state index contributed by atoms with van der Waals surface area (Å²) >= 11 is 0. The molecule has 116 valence electrons. The minimum atomic E-state index is -0.402. The normalized spacial score (nSPS) is 13.9. The van der Waals surface area contributed by atoms with Crippen molar-refractivity contribution in [3.05, 3.63) is 36.0 Å². The van der Waals surface area contributed by atoms with Gasteiger partial charge in [-0.3, -0.25) is 4.98 Å². The Labute approximate surface area is 128 Å². The lowest BCUT2D eigenvalue weighted by Crippen LogP contribution is -2.12. The average Bonchev–Trinajstić information content (AvgIpc) is 3.32. The van der Waals surface area contributed by atoms with Gasteiger partial charge in [0.2, 0.25) is 5.95 Å². The lowest BCUT2D eigenvalue weighted by atomic mass is 10.2. The number of halogens is 1. The summed E-state index contributed by atoms with van der Waals surface area (Å²) < 4.78 is 13.2. The van der Waals surface area contributed by atoms with Crippen LogP contribution in [0.4, 0.5) is 21.8 Å². The average molecular weight is 302 g/mol. The van der Waals surface area contributed by atoms with Crippen LogP contribution in [-0.4, -0.2) is 28.0 Å². The topological polar surface area (TPSA) is 88.8 Å². The number of nitrogens with one attached hydrogen (secondary N) is 2. The van der Waals surface area contributed by atoms with Crippen molar-refractivity contribution in [3.8, 4) is 0 Å². The summed E-state index contributed by atoms with van der Waals surface area (Å²) in [7, 11) is 0. The molecule has 0 aliphatic heterocycles. The second-order valence-corrected chi connectivity index (χ2v) is 5.36. The van der Waals surface area contributed by atoms with E-state index in [1.807, 2.05) is 6.20 Å². The Morgan fingerprint density at radius 3 is 2.86 bits per heavy atom. The van der Waals surface area contributed by atoms with Crippen molar-refractivity contribution in [3.63, 3.8) is 0 Å². The Balaban J connectivity index is 1.78. The van der Waals surface area contributed by atoms with Crippen LogP contribution in [0.3, 0.4) is 0 Å². The standard InChI is InChI=1S/C15H19FN6/c16-11-6-12(8-18-7-11)21-15-20-9-13(10-2-3-10)14(22-15)19-5-1-4-17/h6-10H,1-5,17H2,(H2,19,20,21,22). The SMILES string of the molecule is NCCCNc1nc(Nc2cncc(F)c2)ncc1C1CC1. The van der Waals surface area contributed by atoms with E-state index in [1.54, 1.807) is 0 Å². The van der Waals surface area contributed by atoms with E-state index in [1.165, 1.54) is 25.1 Å². The molecule has 6 nitrogen and oxygen atoms in total. The molecule has 0 spiro atoms. The second-order valence-electron chi connectivity index (χ2n) is 5.36. The zero-order valence-electron chi connectivity index (χ0n) is 12.2. The minimum absolute atomic E-state index is 0.402. The smallest absolute Gasteiger partial charge is 0.229 e. The van der Waals surface area contributed by atoms with Gasteiger partial charge in [0.15, 0.2) is 0 Å². The van der Waals surface area contributed by atoms with Crippen molar-refractivity contribution < 1.29 is 4.39 Å².